The van der Waals surface area contributed by atoms with Gasteiger partial charge >= 0.3 is 0 Å². The van der Waals surface area contributed by atoms with Gasteiger partial charge in [-0.1, -0.05) is 23.8 Å². The zero-order valence-electron chi connectivity index (χ0n) is 14.9. The van der Waals surface area contributed by atoms with Crippen LogP contribution in [0.15, 0.2) is 18.2 Å². The lowest BCUT2D eigenvalue weighted by Crippen LogP contribution is -2.61. The zero-order valence-corrected chi connectivity index (χ0v) is 15.7. The second-order valence-corrected chi connectivity index (χ2v) is 9.27. The maximum absolute atomic E-state index is 12.9. The third-order valence-corrected chi connectivity index (χ3v) is 6.95. The summed E-state index contributed by atoms with van der Waals surface area (Å²) in [6.07, 6.45) is 0.261. The van der Waals surface area contributed by atoms with E-state index in [0.29, 0.717) is 13.1 Å². The summed E-state index contributed by atoms with van der Waals surface area (Å²) in [7, 11) is -3.24. The molecule has 2 fully saturated rings. The Hall–Kier alpha value is -1.89. The predicted molar refractivity (Wildman–Crippen MR) is 94.9 cm³/mol. The first-order valence-electron chi connectivity index (χ1n) is 8.51. The summed E-state index contributed by atoms with van der Waals surface area (Å²) >= 11 is 0. The minimum Gasteiger partial charge on any atom is -0.335 e. The van der Waals surface area contributed by atoms with Crippen molar-refractivity contribution in [2.75, 3.05) is 24.6 Å². The molecule has 0 radical (unpaired) electrons. The molecule has 0 bridgehead atoms. The Balaban J connectivity index is 1.83. The SMILES string of the molecule is CC(=O)N1CCN(C(=O)Cc2cc(C)ccc2C)[C@@H]2CS(=O)(=O)C[C@@H]21. The molecule has 136 valence electrons. The Morgan fingerprint density at radius 1 is 1.08 bits per heavy atom. The third-order valence-electron chi connectivity index (χ3n) is 5.25. The van der Waals surface area contributed by atoms with Crippen molar-refractivity contribution in [1.82, 2.24) is 9.80 Å². The Bertz CT molecular complexity index is 818. The summed E-state index contributed by atoms with van der Waals surface area (Å²) in [4.78, 5) is 28.0. The van der Waals surface area contributed by atoms with Crippen LogP contribution in [0.25, 0.3) is 0 Å². The van der Waals surface area contributed by atoms with Crippen LogP contribution in [0.3, 0.4) is 0 Å². The molecule has 2 saturated heterocycles. The maximum atomic E-state index is 12.9. The maximum Gasteiger partial charge on any atom is 0.227 e. The molecule has 2 atom stereocenters. The van der Waals surface area contributed by atoms with Crippen molar-refractivity contribution in [3.63, 3.8) is 0 Å². The Kier molecular flexibility index (Phi) is 4.62. The van der Waals surface area contributed by atoms with Gasteiger partial charge in [-0.2, -0.15) is 0 Å². The molecule has 3 rings (SSSR count). The van der Waals surface area contributed by atoms with Gasteiger partial charge < -0.3 is 9.80 Å². The molecular formula is C18H24N2O4S. The van der Waals surface area contributed by atoms with Crippen LogP contribution in [-0.2, 0) is 25.8 Å². The van der Waals surface area contributed by atoms with Gasteiger partial charge in [-0.05, 0) is 25.0 Å². The topological polar surface area (TPSA) is 74.8 Å². The van der Waals surface area contributed by atoms with Crippen molar-refractivity contribution >= 4 is 21.7 Å². The number of carbonyl (C=O) groups is 2. The number of sulfone groups is 1. The number of aryl methyl sites for hydroxylation is 2. The van der Waals surface area contributed by atoms with Crippen molar-refractivity contribution < 1.29 is 18.0 Å². The molecule has 1 aromatic rings. The Labute approximate surface area is 148 Å². The summed E-state index contributed by atoms with van der Waals surface area (Å²) in [5.41, 5.74) is 3.12. The van der Waals surface area contributed by atoms with E-state index in [1.54, 1.807) is 9.80 Å². The van der Waals surface area contributed by atoms with Crippen LogP contribution in [-0.4, -0.2) is 66.7 Å². The number of amides is 2. The fraction of sp³-hybridized carbons (Fsp3) is 0.556. The van der Waals surface area contributed by atoms with E-state index < -0.39 is 21.9 Å². The van der Waals surface area contributed by atoms with E-state index in [0.717, 1.165) is 16.7 Å². The van der Waals surface area contributed by atoms with Gasteiger partial charge in [0, 0.05) is 20.0 Å². The number of hydrogen-bond donors (Lipinski definition) is 0. The zero-order chi connectivity index (χ0) is 18.4. The molecule has 0 unspecified atom stereocenters. The van der Waals surface area contributed by atoms with Gasteiger partial charge in [0.1, 0.15) is 0 Å². The summed E-state index contributed by atoms with van der Waals surface area (Å²) in [5, 5.41) is 0. The number of carbonyl (C=O) groups excluding carboxylic acids is 2. The van der Waals surface area contributed by atoms with E-state index in [1.165, 1.54) is 6.92 Å². The van der Waals surface area contributed by atoms with Gasteiger partial charge in [-0.15, -0.1) is 0 Å². The molecule has 0 saturated carbocycles. The van der Waals surface area contributed by atoms with Crippen LogP contribution in [0.4, 0.5) is 0 Å². The summed E-state index contributed by atoms with van der Waals surface area (Å²) in [6, 6.07) is 5.16. The van der Waals surface area contributed by atoms with Crippen LogP contribution in [0, 0.1) is 13.8 Å². The standard InChI is InChI=1S/C18H24N2O4S/c1-12-4-5-13(2)15(8-12)9-18(22)20-7-6-19(14(3)21)16-10-25(23,24)11-17(16)20/h4-5,8,16-17H,6-7,9-11H2,1-3H3/t16-,17+/m0/s1. The van der Waals surface area contributed by atoms with E-state index in [1.807, 2.05) is 32.0 Å². The summed E-state index contributed by atoms with van der Waals surface area (Å²) in [5.74, 6) is -0.303. The third kappa shape index (κ3) is 3.56. The minimum atomic E-state index is -3.24. The molecule has 2 aliphatic rings. The number of benzene rings is 1. The predicted octanol–water partition coefficient (Wildman–Crippen LogP) is 0.702. The highest BCUT2D eigenvalue weighted by Crippen LogP contribution is 2.28. The fourth-order valence-corrected chi connectivity index (χ4v) is 5.89. The Morgan fingerprint density at radius 3 is 2.32 bits per heavy atom. The molecule has 2 aliphatic heterocycles. The van der Waals surface area contributed by atoms with Crippen LogP contribution in [0.5, 0.6) is 0 Å². The number of piperazine rings is 1. The first-order valence-corrected chi connectivity index (χ1v) is 10.3. The number of fused-ring (bicyclic) bond motifs is 1. The quantitative estimate of drug-likeness (QED) is 0.774. The van der Waals surface area contributed by atoms with Gasteiger partial charge in [0.25, 0.3) is 0 Å². The average molecular weight is 364 g/mol. The van der Waals surface area contributed by atoms with Crippen LogP contribution < -0.4 is 0 Å². The second-order valence-electron chi connectivity index (χ2n) is 7.12. The molecule has 0 N–H and O–H groups in total. The second kappa shape index (κ2) is 6.44. The van der Waals surface area contributed by atoms with E-state index in [2.05, 4.69) is 0 Å². The number of nitrogens with zero attached hydrogens (tertiary/aromatic N) is 2. The lowest BCUT2D eigenvalue weighted by Gasteiger charge is -2.43. The minimum absolute atomic E-state index is 0.0511. The normalized spacial score (nSPS) is 24.9. The number of rotatable bonds is 2. The van der Waals surface area contributed by atoms with Crippen LogP contribution in [0.2, 0.25) is 0 Å². The molecular weight excluding hydrogens is 340 g/mol. The first-order chi connectivity index (χ1) is 11.7. The summed E-state index contributed by atoms with van der Waals surface area (Å²) < 4.78 is 24.2. The molecule has 0 aromatic heterocycles. The molecule has 7 heteroatoms. The van der Waals surface area contributed by atoms with E-state index >= 15 is 0 Å². The van der Waals surface area contributed by atoms with Gasteiger partial charge in [0.2, 0.25) is 11.8 Å². The highest BCUT2D eigenvalue weighted by atomic mass is 32.2. The van der Waals surface area contributed by atoms with Crippen molar-refractivity contribution in [3.05, 3.63) is 34.9 Å². The molecule has 25 heavy (non-hydrogen) atoms. The lowest BCUT2D eigenvalue weighted by atomic mass is 10.00. The van der Waals surface area contributed by atoms with E-state index in [-0.39, 0.29) is 29.7 Å². The molecule has 0 spiro atoms. The molecule has 1 aromatic carbocycles. The monoisotopic (exact) mass is 364 g/mol. The average Bonchev–Trinajstić information content (AvgIpc) is 2.84. The van der Waals surface area contributed by atoms with Crippen LogP contribution >= 0.6 is 0 Å². The van der Waals surface area contributed by atoms with E-state index in [9.17, 15) is 18.0 Å². The first kappa shape index (κ1) is 17.9. The van der Waals surface area contributed by atoms with Crippen molar-refractivity contribution in [3.8, 4) is 0 Å². The smallest absolute Gasteiger partial charge is 0.227 e. The summed E-state index contributed by atoms with van der Waals surface area (Å²) in [6.45, 7) is 6.19. The highest BCUT2D eigenvalue weighted by Gasteiger charge is 2.48. The van der Waals surface area contributed by atoms with E-state index in [4.69, 9.17) is 0 Å². The van der Waals surface area contributed by atoms with Crippen LogP contribution in [0.1, 0.15) is 23.6 Å². The number of hydrogen-bond acceptors (Lipinski definition) is 4. The van der Waals surface area contributed by atoms with Crippen molar-refractivity contribution in [2.45, 2.75) is 39.3 Å². The molecule has 2 heterocycles. The van der Waals surface area contributed by atoms with Crippen molar-refractivity contribution in [1.29, 1.82) is 0 Å². The van der Waals surface area contributed by atoms with Gasteiger partial charge in [0.05, 0.1) is 30.0 Å². The molecule has 6 nitrogen and oxygen atoms in total. The molecule has 0 aliphatic carbocycles. The lowest BCUT2D eigenvalue weighted by molar-refractivity contribution is -0.143. The largest absolute Gasteiger partial charge is 0.335 e. The highest BCUT2D eigenvalue weighted by molar-refractivity contribution is 7.91. The van der Waals surface area contributed by atoms with Gasteiger partial charge in [-0.3, -0.25) is 9.59 Å². The van der Waals surface area contributed by atoms with Gasteiger partial charge in [0.15, 0.2) is 9.84 Å². The van der Waals surface area contributed by atoms with Crippen molar-refractivity contribution in [2.24, 2.45) is 0 Å². The van der Waals surface area contributed by atoms with Gasteiger partial charge in [-0.25, -0.2) is 8.42 Å². The molecule has 2 amide bonds. The Morgan fingerprint density at radius 2 is 1.68 bits per heavy atom. The fourth-order valence-electron chi connectivity index (χ4n) is 3.91.